The van der Waals surface area contributed by atoms with E-state index in [1.54, 1.807) is 6.20 Å². The monoisotopic (exact) mass is 149 g/mol. The van der Waals surface area contributed by atoms with Crippen LogP contribution >= 0.6 is 0 Å². The Labute approximate surface area is 65.9 Å². The van der Waals surface area contributed by atoms with Crippen molar-refractivity contribution in [1.29, 1.82) is 0 Å². The largest absolute Gasteiger partial charge is 0.384 e. The van der Waals surface area contributed by atoms with Crippen LogP contribution in [0.2, 0.25) is 0 Å². The fraction of sp³-hybridized carbons (Fsp3) is 0.444. The molecular weight excluding hydrogens is 138 g/mol. The van der Waals surface area contributed by atoms with Gasteiger partial charge >= 0.3 is 0 Å². The second-order valence-corrected chi connectivity index (χ2v) is 3.25. The van der Waals surface area contributed by atoms with E-state index in [0.29, 0.717) is 0 Å². The molecule has 2 heteroatoms. The maximum Gasteiger partial charge on any atom is 0.107 e. The minimum Gasteiger partial charge on any atom is -0.384 e. The summed E-state index contributed by atoms with van der Waals surface area (Å²) in [5.74, 6) is 0. The topological polar surface area (TPSA) is 33.1 Å². The fourth-order valence-electron chi connectivity index (χ4n) is 1.17. The summed E-state index contributed by atoms with van der Waals surface area (Å²) in [4.78, 5) is 4.12. The molecule has 1 fully saturated rings. The van der Waals surface area contributed by atoms with Gasteiger partial charge in [0.05, 0.1) is 5.69 Å². The molecule has 0 amide bonds. The number of hydrogen-bond donors (Lipinski definition) is 1. The minimum atomic E-state index is -0.577. The van der Waals surface area contributed by atoms with Crippen molar-refractivity contribution >= 4 is 0 Å². The molecule has 0 aromatic carbocycles. The van der Waals surface area contributed by atoms with Crippen molar-refractivity contribution in [3.63, 3.8) is 0 Å². The smallest absolute Gasteiger partial charge is 0.107 e. The highest BCUT2D eigenvalue weighted by Crippen LogP contribution is 2.44. The fourth-order valence-corrected chi connectivity index (χ4v) is 1.17. The zero-order chi connectivity index (χ0) is 7.90. The van der Waals surface area contributed by atoms with Crippen molar-refractivity contribution in [2.24, 2.45) is 0 Å². The molecule has 0 unspecified atom stereocenters. The van der Waals surface area contributed by atoms with E-state index in [1.165, 1.54) is 0 Å². The van der Waals surface area contributed by atoms with Gasteiger partial charge in [-0.15, -0.1) is 0 Å². The lowest BCUT2D eigenvalue weighted by molar-refractivity contribution is 0.146. The van der Waals surface area contributed by atoms with Crippen LogP contribution in [-0.4, -0.2) is 10.1 Å². The average molecular weight is 149 g/mol. The quantitative estimate of drug-likeness (QED) is 0.654. The van der Waals surface area contributed by atoms with Crippen molar-refractivity contribution < 1.29 is 5.11 Å². The van der Waals surface area contributed by atoms with Crippen LogP contribution in [0.15, 0.2) is 18.3 Å². The van der Waals surface area contributed by atoms with Gasteiger partial charge < -0.3 is 5.11 Å². The lowest BCUT2D eigenvalue weighted by Gasteiger charge is -2.06. The highest BCUT2D eigenvalue weighted by molar-refractivity contribution is 5.23. The molecule has 1 saturated carbocycles. The van der Waals surface area contributed by atoms with Gasteiger partial charge in [0.2, 0.25) is 0 Å². The number of hydrogen-bond acceptors (Lipinski definition) is 2. The van der Waals surface area contributed by atoms with E-state index in [-0.39, 0.29) is 0 Å². The molecule has 11 heavy (non-hydrogen) atoms. The van der Waals surface area contributed by atoms with Crippen molar-refractivity contribution in [2.75, 3.05) is 0 Å². The van der Waals surface area contributed by atoms with Gasteiger partial charge in [-0.05, 0) is 37.5 Å². The molecule has 0 aliphatic heterocycles. The first-order valence-electron chi connectivity index (χ1n) is 3.86. The molecule has 1 aliphatic carbocycles. The first kappa shape index (κ1) is 6.80. The zero-order valence-corrected chi connectivity index (χ0v) is 6.54. The van der Waals surface area contributed by atoms with E-state index >= 15 is 0 Å². The summed E-state index contributed by atoms with van der Waals surface area (Å²) in [6.07, 6.45) is 3.48. The van der Waals surface area contributed by atoms with Gasteiger partial charge in [-0.3, -0.25) is 4.98 Å². The van der Waals surface area contributed by atoms with E-state index in [4.69, 9.17) is 0 Å². The predicted molar refractivity (Wildman–Crippen MR) is 42.1 cm³/mol. The Morgan fingerprint density at radius 3 is 2.82 bits per heavy atom. The summed E-state index contributed by atoms with van der Waals surface area (Å²) < 4.78 is 0. The van der Waals surface area contributed by atoms with Gasteiger partial charge in [0.25, 0.3) is 0 Å². The molecule has 0 saturated heterocycles. The van der Waals surface area contributed by atoms with Crippen LogP contribution in [0.25, 0.3) is 0 Å². The summed E-state index contributed by atoms with van der Waals surface area (Å²) in [7, 11) is 0. The number of aryl methyl sites for hydroxylation is 1. The molecule has 0 atom stereocenters. The maximum absolute atomic E-state index is 9.66. The highest BCUT2D eigenvalue weighted by atomic mass is 16.3. The van der Waals surface area contributed by atoms with Gasteiger partial charge in [-0.1, -0.05) is 0 Å². The first-order valence-corrected chi connectivity index (χ1v) is 3.86. The Kier molecular flexibility index (Phi) is 1.26. The molecule has 1 N–H and O–H groups in total. The normalized spacial score (nSPS) is 19.8. The van der Waals surface area contributed by atoms with E-state index < -0.39 is 5.60 Å². The Hall–Kier alpha value is -0.890. The molecule has 1 heterocycles. The second kappa shape index (κ2) is 2.05. The van der Waals surface area contributed by atoms with Crippen molar-refractivity contribution in [2.45, 2.75) is 25.4 Å². The molecule has 2 rings (SSSR count). The van der Waals surface area contributed by atoms with E-state index in [0.717, 1.165) is 24.1 Å². The minimum absolute atomic E-state index is 0.577. The second-order valence-electron chi connectivity index (χ2n) is 3.25. The highest BCUT2D eigenvalue weighted by Gasteiger charge is 2.43. The average Bonchev–Trinajstić information content (AvgIpc) is 2.70. The molecule has 58 valence electrons. The molecule has 0 spiro atoms. The van der Waals surface area contributed by atoms with Gasteiger partial charge in [-0.25, -0.2) is 0 Å². The number of pyridine rings is 1. The number of nitrogens with zero attached hydrogens (tertiary/aromatic N) is 1. The van der Waals surface area contributed by atoms with Crippen LogP contribution in [-0.2, 0) is 5.60 Å². The maximum atomic E-state index is 9.66. The number of aliphatic hydroxyl groups is 1. The molecule has 2 nitrogen and oxygen atoms in total. The third-order valence-electron chi connectivity index (χ3n) is 2.12. The SMILES string of the molecule is Cc1ccnc(C2(O)CC2)c1. The Balaban J connectivity index is 2.38. The van der Waals surface area contributed by atoms with Crippen molar-refractivity contribution in [3.05, 3.63) is 29.6 Å². The van der Waals surface area contributed by atoms with Gasteiger partial charge in [-0.2, -0.15) is 0 Å². The molecule has 0 bridgehead atoms. The van der Waals surface area contributed by atoms with Crippen molar-refractivity contribution in [1.82, 2.24) is 4.98 Å². The summed E-state index contributed by atoms with van der Waals surface area (Å²) in [5, 5.41) is 9.66. The summed E-state index contributed by atoms with van der Waals surface area (Å²) in [6.45, 7) is 2.01. The van der Waals surface area contributed by atoms with Crippen LogP contribution in [0.3, 0.4) is 0 Å². The Bertz CT molecular complexity index is 279. The third-order valence-corrected chi connectivity index (χ3v) is 2.12. The molecule has 1 aromatic rings. The Morgan fingerprint density at radius 1 is 1.55 bits per heavy atom. The molecule has 1 aliphatic rings. The van der Waals surface area contributed by atoms with Crippen LogP contribution in [0.5, 0.6) is 0 Å². The summed E-state index contributed by atoms with van der Waals surface area (Å²) >= 11 is 0. The first-order chi connectivity index (χ1) is 5.21. The number of aromatic nitrogens is 1. The van der Waals surface area contributed by atoms with Crippen molar-refractivity contribution in [3.8, 4) is 0 Å². The summed E-state index contributed by atoms with van der Waals surface area (Å²) in [5.41, 5.74) is 1.42. The van der Waals surface area contributed by atoms with E-state index in [2.05, 4.69) is 4.98 Å². The third kappa shape index (κ3) is 1.14. The summed E-state index contributed by atoms with van der Waals surface area (Å²) in [6, 6.07) is 3.89. The van der Waals surface area contributed by atoms with E-state index in [9.17, 15) is 5.11 Å². The predicted octanol–water partition coefficient (Wildman–Crippen LogP) is 1.37. The molecule has 0 radical (unpaired) electrons. The lowest BCUT2D eigenvalue weighted by Crippen LogP contribution is -2.06. The van der Waals surface area contributed by atoms with Crippen LogP contribution in [0.1, 0.15) is 24.1 Å². The van der Waals surface area contributed by atoms with Crippen LogP contribution < -0.4 is 0 Å². The van der Waals surface area contributed by atoms with Gasteiger partial charge in [0.1, 0.15) is 5.60 Å². The zero-order valence-electron chi connectivity index (χ0n) is 6.54. The lowest BCUT2D eigenvalue weighted by atomic mass is 10.1. The Morgan fingerprint density at radius 2 is 2.27 bits per heavy atom. The number of rotatable bonds is 1. The standard InChI is InChI=1S/C9H11NO/c1-7-2-5-10-8(6-7)9(11)3-4-9/h2,5-6,11H,3-4H2,1H3. The van der Waals surface area contributed by atoms with Gasteiger partial charge in [0, 0.05) is 6.20 Å². The van der Waals surface area contributed by atoms with Gasteiger partial charge in [0.15, 0.2) is 0 Å². The molecular formula is C9H11NO. The van der Waals surface area contributed by atoms with Crippen LogP contribution in [0, 0.1) is 6.92 Å². The molecule has 1 aromatic heterocycles. The van der Waals surface area contributed by atoms with Crippen LogP contribution in [0.4, 0.5) is 0 Å². The van der Waals surface area contributed by atoms with E-state index in [1.807, 2.05) is 19.1 Å².